The molecule has 2 aromatic carbocycles. The first-order valence-electron chi connectivity index (χ1n) is 15.0. The lowest BCUT2D eigenvalue weighted by molar-refractivity contribution is -0.157. The number of esters is 1. The van der Waals surface area contributed by atoms with Gasteiger partial charge in [-0.15, -0.1) is 13.2 Å². The van der Waals surface area contributed by atoms with Gasteiger partial charge in [-0.05, 0) is 63.0 Å². The second kappa shape index (κ2) is 19.4. The van der Waals surface area contributed by atoms with E-state index < -0.39 is 18.1 Å². The molecule has 2 amide bonds. The van der Waals surface area contributed by atoms with E-state index in [1.807, 2.05) is 80.6 Å². The van der Waals surface area contributed by atoms with Crippen LogP contribution in [-0.2, 0) is 25.5 Å². The van der Waals surface area contributed by atoms with Gasteiger partial charge in [0.15, 0.2) is 0 Å². The van der Waals surface area contributed by atoms with Gasteiger partial charge in [-0.1, -0.05) is 79.7 Å². The Morgan fingerprint density at radius 3 is 2.19 bits per heavy atom. The summed E-state index contributed by atoms with van der Waals surface area (Å²) >= 11 is 0. The van der Waals surface area contributed by atoms with E-state index in [4.69, 9.17) is 9.84 Å². The summed E-state index contributed by atoms with van der Waals surface area (Å²) in [5, 5.41) is 15.0. The number of nitrogens with one attached hydrogen (secondary N) is 2. The molecule has 0 radical (unpaired) electrons. The van der Waals surface area contributed by atoms with E-state index in [2.05, 4.69) is 23.8 Å². The van der Waals surface area contributed by atoms with Crippen LogP contribution < -0.4 is 10.6 Å². The van der Waals surface area contributed by atoms with Crippen molar-refractivity contribution < 1.29 is 24.2 Å². The van der Waals surface area contributed by atoms with E-state index in [1.165, 1.54) is 0 Å². The Bertz CT molecular complexity index is 1100. The number of aliphatic hydroxyl groups excluding tert-OH is 1. The Kier molecular flexibility index (Phi) is 15.9. The quantitative estimate of drug-likeness (QED) is 0.104. The van der Waals surface area contributed by atoms with Gasteiger partial charge in [-0.3, -0.25) is 14.4 Å². The van der Waals surface area contributed by atoms with Crippen LogP contribution in [0.25, 0.3) is 0 Å². The van der Waals surface area contributed by atoms with Crippen molar-refractivity contribution in [2.75, 3.05) is 6.61 Å². The van der Waals surface area contributed by atoms with Gasteiger partial charge in [-0.25, -0.2) is 0 Å². The van der Waals surface area contributed by atoms with Crippen LogP contribution >= 0.6 is 0 Å². The van der Waals surface area contributed by atoms with Crippen LogP contribution in [0.15, 0.2) is 86.0 Å². The van der Waals surface area contributed by atoms with Gasteiger partial charge in [0, 0.05) is 19.1 Å². The molecule has 0 saturated carbocycles. The van der Waals surface area contributed by atoms with Gasteiger partial charge in [0.05, 0.1) is 17.9 Å². The maximum Gasteiger partial charge on any atom is 0.309 e. The largest absolute Gasteiger partial charge is 0.455 e. The number of hydrogen-bond donors (Lipinski definition) is 3. The minimum Gasteiger partial charge on any atom is -0.455 e. The fraction of sp³-hybridized carbons (Fsp3) is 0.457. The van der Waals surface area contributed by atoms with Crippen LogP contribution in [-0.4, -0.2) is 41.6 Å². The molecular formula is C35H48N2O5. The molecule has 0 spiro atoms. The first-order chi connectivity index (χ1) is 20.3. The molecule has 0 aliphatic carbocycles. The van der Waals surface area contributed by atoms with Crippen LogP contribution in [0.3, 0.4) is 0 Å². The van der Waals surface area contributed by atoms with Crippen molar-refractivity contribution in [1.29, 1.82) is 0 Å². The van der Waals surface area contributed by atoms with Crippen LogP contribution in [0.2, 0.25) is 0 Å². The summed E-state index contributed by atoms with van der Waals surface area (Å²) < 4.78 is 6.25. The molecule has 0 heterocycles. The smallest absolute Gasteiger partial charge is 0.309 e. The summed E-state index contributed by atoms with van der Waals surface area (Å²) in [7, 11) is 0. The third kappa shape index (κ3) is 12.0. The zero-order chi connectivity index (χ0) is 30.7. The molecule has 7 nitrogen and oxygen atoms in total. The number of allylic oxidation sites excluding steroid dienone is 2. The monoisotopic (exact) mass is 576 g/mol. The zero-order valence-electron chi connectivity index (χ0n) is 25.2. The predicted molar refractivity (Wildman–Crippen MR) is 167 cm³/mol. The van der Waals surface area contributed by atoms with Crippen LogP contribution in [0.5, 0.6) is 0 Å². The summed E-state index contributed by atoms with van der Waals surface area (Å²) in [5.74, 6) is -1.83. The fourth-order valence-electron chi connectivity index (χ4n) is 4.96. The molecule has 0 aliphatic heterocycles. The van der Waals surface area contributed by atoms with Crippen molar-refractivity contribution in [3.8, 4) is 0 Å². The lowest BCUT2D eigenvalue weighted by Gasteiger charge is -2.30. The number of aliphatic hydroxyl groups is 1. The number of unbranched alkanes of at least 4 members (excludes halogenated alkanes) is 1. The molecule has 7 heteroatoms. The summed E-state index contributed by atoms with van der Waals surface area (Å²) in [4.78, 5) is 39.8. The highest BCUT2D eigenvalue weighted by molar-refractivity contribution is 5.86. The number of ether oxygens (including phenoxy) is 1. The Balaban J connectivity index is 2.25. The maximum atomic E-state index is 13.7. The highest BCUT2D eigenvalue weighted by Crippen LogP contribution is 2.28. The number of hydrogen-bond acceptors (Lipinski definition) is 5. The summed E-state index contributed by atoms with van der Waals surface area (Å²) in [6.45, 7) is 11.3. The third-order valence-corrected chi connectivity index (χ3v) is 7.35. The van der Waals surface area contributed by atoms with Gasteiger partial charge in [0.25, 0.3) is 0 Å². The topological polar surface area (TPSA) is 105 Å². The molecule has 0 fully saturated rings. The minimum atomic E-state index is -0.701. The Labute approximate surface area is 251 Å². The van der Waals surface area contributed by atoms with Crippen molar-refractivity contribution in [2.24, 2.45) is 11.8 Å². The fourth-order valence-corrected chi connectivity index (χ4v) is 4.96. The SMILES string of the molecule is C=CCCC[C@H](Cc1ccccc1)C(=O)OC(c1ccccc1)[C@H](CC)NC(=O)[C@H](CC=C)CC(=O)N[C@@H](C)CCO. The lowest BCUT2D eigenvalue weighted by Crippen LogP contribution is -2.45. The van der Waals surface area contributed by atoms with Gasteiger partial charge < -0.3 is 20.5 Å². The molecule has 0 saturated heterocycles. The molecule has 3 N–H and O–H groups in total. The van der Waals surface area contributed by atoms with Crippen molar-refractivity contribution >= 4 is 17.8 Å². The maximum absolute atomic E-state index is 13.7. The molecule has 2 aromatic rings. The average molecular weight is 577 g/mol. The molecule has 0 bridgehead atoms. The number of amides is 2. The van der Waals surface area contributed by atoms with Crippen molar-refractivity contribution in [3.05, 3.63) is 97.1 Å². The third-order valence-electron chi connectivity index (χ3n) is 7.35. The highest BCUT2D eigenvalue weighted by Gasteiger charge is 2.32. The molecule has 1 unspecified atom stereocenters. The van der Waals surface area contributed by atoms with Crippen LogP contribution in [0, 0.1) is 11.8 Å². The average Bonchev–Trinajstić information content (AvgIpc) is 2.99. The van der Waals surface area contributed by atoms with Gasteiger partial charge in [0.2, 0.25) is 11.8 Å². The van der Waals surface area contributed by atoms with Crippen LogP contribution in [0.4, 0.5) is 0 Å². The van der Waals surface area contributed by atoms with Crippen molar-refractivity contribution in [3.63, 3.8) is 0 Å². The highest BCUT2D eigenvalue weighted by atomic mass is 16.5. The minimum absolute atomic E-state index is 0.0116. The summed E-state index contributed by atoms with van der Waals surface area (Å²) in [6, 6.07) is 18.7. The van der Waals surface area contributed by atoms with Gasteiger partial charge in [-0.2, -0.15) is 0 Å². The van der Waals surface area contributed by atoms with Gasteiger partial charge >= 0.3 is 5.97 Å². The van der Waals surface area contributed by atoms with E-state index in [-0.39, 0.29) is 42.8 Å². The van der Waals surface area contributed by atoms with E-state index in [9.17, 15) is 14.4 Å². The standard InChI is InChI=1S/C35H48N2O5/c1-5-8-11-21-30(24-27-17-12-9-13-18-27)35(41)42-33(28-19-14-10-15-20-28)31(7-3)37-34(40)29(16-6-2)25-32(39)36-26(4)22-23-38/h5-6,9-10,12-15,17-20,26,29-31,33,38H,1-2,7-8,11,16,21-25H2,3-4H3,(H,36,39)(H,37,40)/t26-,29+,30+,31-,33?/m0/s1. The zero-order valence-corrected chi connectivity index (χ0v) is 25.2. The Morgan fingerprint density at radius 2 is 1.60 bits per heavy atom. The number of carbonyl (C=O) groups is 3. The van der Waals surface area contributed by atoms with Crippen LogP contribution in [0.1, 0.15) is 76.0 Å². The van der Waals surface area contributed by atoms with E-state index in [0.717, 1.165) is 24.0 Å². The molecule has 228 valence electrons. The second-order valence-electron chi connectivity index (χ2n) is 10.8. The number of benzene rings is 2. The van der Waals surface area contributed by atoms with Crippen molar-refractivity contribution in [2.45, 2.75) is 83.4 Å². The lowest BCUT2D eigenvalue weighted by atomic mass is 9.93. The van der Waals surface area contributed by atoms with Gasteiger partial charge in [0.1, 0.15) is 6.10 Å². The van der Waals surface area contributed by atoms with E-state index in [0.29, 0.717) is 32.1 Å². The first-order valence-corrected chi connectivity index (χ1v) is 15.0. The van der Waals surface area contributed by atoms with Crippen molar-refractivity contribution in [1.82, 2.24) is 10.6 Å². The second-order valence-corrected chi connectivity index (χ2v) is 10.8. The number of carbonyl (C=O) groups excluding carboxylic acids is 3. The summed E-state index contributed by atoms with van der Waals surface area (Å²) in [5.41, 5.74) is 1.85. The Hall–Kier alpha value is -3.71. The summed E-state index contributed by atoms with van der Waals surface area (Å²) in [6.07, 6.45) is 6.90. The Morgan fingerprint density at radius 1 is 0.929 bits per heavy atom. The first kappa shape index (κ1) is 34.5. The molecule has 0 aromatic heterocycles. The molecule has 42 heavy (non-hydrogen) atoms. The number of rotatable bonds is 20. The normalized spacial score (nSPS) is 14.5. The molecule has 5 atom stereocenters. The van der Waals surface area contributed by atoms with E-state index in [1.54, 1.807) is 6.08 Å². The molecule has 2 rings (SSSR count). The molecule has 0 aliphatic rings. The predicted octanol–water partition coefficient (Wildman–Crippen LogP) is 5.85. The van der Waals surface area contributed by atoms with E-state index >= 15 is 0 Å². The molecular weight excluding hydrogens is 528 g/mol.